The van der Waals surface area contributed by atoms with Crippen molar-refractivity contribution in [3.05, 3.63) is 34.7 Å². The Hall–Kier alpha value is -1.39. The molecule has 0 aliphatic rings. The molecule has 2 rings (SSSR count). The second-order valence-corrected chi connectivity index (χ2v) is 5.41. The second kappa shape index (κ2) is 5.08. The van der Waals surface area contributed by atoms with Gasteiger partial charge in [0.1, 0.15) is 16.4 Å². The van der Waals surface area contributed by atoms with Gasteiger partial charge in [0.25, 0.3) is 0 Å². The Bertz CT molecular complexity index is 511. The monoisotopic (exact) mass is 263 g/mol. The van der Waals surface area contributed by atoms with Crippen LogP contribution in [-0.4, -0.2) is 16.7 Å². The molecule has 18 heavy (non-hydrogen) atoms. The minimum absolute atomic E-state index is 0.666. The first-order chi connectivity index (χ1) is 8.50. The summed E-state index contributed by atoms with van der Waals surface area (Å²) in [6.07, 6.45) is 0. The molecule has 2 aromatic rings. The minimum Gasteiger partial charge on any atom is -0.494 e. The van der Waals surface area contributed by atoms with Gasteiger partial charge < -0.3 is 9.84 Å². The summed E-state index contributed by atoms with van der Waals surface area (Å²) in [6.45, 7) is 6.12. The number of benzene rings is 1. The van der Waals surface area contributed by atoms with E-state index in [1.807, 2.05) is 36.6 Å². The Labute approximate surface area is 111 Å². The maximum Gasteiger partial charge on any atom is 0.124 e. The molecular weight excluding hydrogens is 246 g/mol. The lowest BCUT2D eigenvalue weighted by Crippen LogP contribution is -2.14. The van der Waals surface area contributed by atoms with Gasteiger partial charge in [0.2, 0.25) is 0 Å². The Morgan fingerprint density at radius 3 is 2.44 bits per heavy atom. The van der Waals surface area contributed by atoms with Crippen LogP contribution in [0.4, 0.5) is 0 Å². The van der Waals surface area contributed by atoms with Crippen molar-refractivity contribution in [2.45, 2.75) is 26.4 Å². The average molecular weight is 263 g/mol. The van der Waals surface area contributed by atoms with Gasteiger partial charge in [-0.15, -0.1) is 11.3 Å². The highest BCUT2D eigenvalue weighted by molar-refractivity contribution is 7.10. The van der Waals surface area contributed by atoms with E-state index in [0.717, 1.165) is 22.0 Å². The van der Waals surface area contributed by atoms with Crippen molar-refractivity contribution >= 4 is 11.3 Å². The third kappa shape index (κ3) is 2.89. The first-order valence-corrected chi connectivity index (χ1v) is 6.80. The van der Waals surface area contributed by atoms with Crippen molar-refractivity contribution in [1.82, 2.24) is 4.98 Å². The maximum atomic E-state index is 9.89. The molecule has 96 valence electrons. The Kier molecular flexibility index (Phi) is 3.68. The Morgan fingerprint density at radius 1 is 1.28 bits per heavy atom. The summed E-state index contributed by atoms with van der Waals surface area (Å²) in [4.78, 5) is 4.46. The molecule has 0 unspecified atom stereocenters. The lowest BCUT2D eigenvalue weighted by molar-refractivity contribution is 0.0783. The summed E-state index contributed by atoms with van der Waals surface area (Å²) in [6, 6.07) is 7.83. The number of rotatable bonds is 4. The van der Waals surface area contributed by atoms with Gasteiger partial charge in [-0.25, -0.2) is 4.98 Å². The lowest BCUT2D eigenvalue weighted by Gasteiger charge is -2.12. The van der Waals surface area contributed by atoms with E-state index in [2.05, 4.69) is 4.98 Å². The maximum absolute atomic E-state index is 9.89. The SMILES string of the molecule is CCOc1ccc(-c2csc(C(C)(C)O)n2)cc1. The molecule has 1 heterocycles. The molecule has 0 saturated heterocycles. The van der Waals surface area contributed by atoms with Crippen LogP contribution < -0.4 is 4.74 Å². The summed E-state index contributed by atoms with van der Waals surface area (Å²) in [5, 5.41) is 12.6. The van der Waals surface area contributed by atoms with Gasteiger partial charge >= 0.3 is 0 Å². The number of aliphatic hydroxyl groups is 1. The summed E-state index contributed by atoms with van der Waals surface area (Å²) < 4.78 is 5.40. The van der Waals surface area contributed by atoms with Crippen LogP contribution in [0.2, 0.25) is 0 Å². The zero-order valence-electron chi connectivity index (χ0n) is 10.8. The molecule has 0 bridgehead atoms. The highest BCUT2D eigenvalue weighted by Gasteiger charge is 2.20. The molecule has 0 amide bonds. The first-order valence-electron chi connectivity index (χ1n) is 5.92. The van der Waals surface area contributed by atoms with Gasteiger partial charge in [-0.1, -0.05) is 0 Å². The molecule has 1 aromatic heterocycles. The fourth-order valence-corrected chi connectivity index (χ4v) is 2.43. The summed E-state index contributed by atoms with van der Waals surface area (Å²) >= 11 is 1.47. The molecule has 0 radical (unpaired) electrons. The predicted octanol–water partition coefficient (Wildman–Crippen LogP) is 3.44. The van der Waals surface area contributed by atoms with Crippen molar-refractivity contribution in [2.75, 3.05) is 6.61 Å². The molecule has 0 spiro atoms. The fraction of sp³-hybridized carbons (Fsp3) is 0.357. The van der Waals surface area contributed by atoms with E-state index in [0.29, 0.717) is 6.61 Å². The van der Waals surface area contributed by atoms with Gasteiger partial charge in [-0.05, 0) is 45.0 Å². The van der Waals surface area contributed by atoms with E-state index in [1.165, 1.54) is 11.3 Å². The molecule has 0 aliphatic carbocycles. The Balaban J connectivity index is 2.23. The number of ether oxygens (including phenoxy) is 1. The van der Waals surface area contributed by atoms with Crippen LogP contribution in [0.25, 0.3) is 11.3 Å². The van der Waals surface area contributed by atoms with Crippen molar-refractivity contribution < 1.29 is 9.84 Å². The van der Waals surface area contributed by atoms with Crippen LogP contribution in [0.5, 0.6) is 5.75 Å². The number of aromatic nitrogens is 1. The van der Waals surface area contributed by atoms with E-state index in [4.69, 9.17) is 4.74 Å². The van der Waals surface area contributed by atoms with Gasteiger partial charge in [-0.2, -0.15) is 0 Å². The molecule has 1 N–H and O–H groups in total. The second-order valence-electron chi connectivity index (χ2n) is 4.55. The quantitative estimate of drug-likeness (QED) is 0.918. The zero-order valence-corrected chi connectivity index (χ0v) is 11.6. The van der Waals surface area contributed by atoms with E-state index >= 15 is 0 Å². The largest absolute Gasteiger partial charge is 0.494 e. The van der Waals surface area contributed by atoms with Crippen LogP contribution in [0.3, 0.4) is 0 Å². The van der Waals surface area contributed by atoms with Gasteiger partial charge in [0, 0.05) is 10.9 Å². The number of hydrogen-bond donors (Lipinski definition) is 1. The van der Waals surface area contributed by atoms with Crippen molar-refractivity contribution in [3.8, 4) is 17.0 Å². The van der Waals surface area contributed by atoms with Crippen LogP contribution in [0, 0.1) is 0 Å². The average Bonchev–Trinajstić information content (AvgIpc) is 2.79. The van der Waals surface area contributed by atoms with Gasteiger partial charge in [-0.3, -0.25) is 0 Å². The van der Waals surface area contributed by atoms with Crippen LogP contribution >= 0.6 is 11.3 Å². The summed E-state index contributed by atoms with van der Waals surface area (Å²) in [7, 11) is 0. The number of thiazole rings is 1. The number of hydrogen-bond acceptors (Lipinski definition) is 4. The van der Waals surface area contributed by atoms with E-state index in [1.54, 1.807) is 13.8 Å². The molecule has 0 aliphatic heterocycles. The van der Waals surface area contributed by atoms with E-state index in [-0.39, 0.29) is 0 Å². The van der Waals surface area contributed by atoms with Gasteiger partial charge in [0.05, 0.1) is 12.3 Å². The standard InChI is InChI=1S/C14H17NO2S/c1-4-17-11-7-5-10(6-8-11)12-9-18-13(15-12)14(2,3)16/h5-9,16H,4H2,1-3H3. The van der Waals surface area contributed by atoms with Crippen LogP contribution in [-0.2, 0) is 5.60 Å². The van der Waals surface area contributed by atoms with Gasteiger partial charge in [0.15, 0.2) is 0 Å². The molecule has 0 atom stereocenters. The smallest absolute Gasteiger partial charge is 0.124 e. The van der Waals surface area contributed by atoms with Crippen LogP contribution in [0.15, 0.2) is 29.6 Å². The third-order valence-corrected chi connectivity index (χ3v) is 3.64. The summed E-state index contributed by atoms with van der Waals surface area (Å²) in [5.74, 6) is 0.860. The van der Waals surface area contributed by atoms with Crippen molar-refractivity contribution in [1.29, 1.82) is 0 Å². The normalized spacial score (nSPS) is 11.6. The molecule has 1 aromatic carbocycles. The third-order valence-electron chi connectivity index (χ3n) is 2.49. The zero-order chi connectivity index (χ0) is 13.2. The van der Waals surface area contributed by atoms with E-state index < -0.39 is 5.60 Å². The highest BCUT2D eigenvalue weighted by atomic mass is 32.1. The highest BCUT2D eigenvalue weighted by Crippen LogP contribution is 2.29. The number of nitrogens with zero attached hydrogens (tertiary/aromatic N) is 1. The molecule has 4 heteroatoms. The molecular formula is C14H17NO2S. The van der Waals surface area contributed by atoms with Crippen molar-refractivity contribution in [3.63, 3.8) is 0 Å². The topological polar surface area (TPSA) is 42.4 Å². The first kappa shape index (κ1) is 13.1. The predicted molar refractivity (Wildman–Crippen MR) is 74.0 cm³/mol. The van der Waals surface area contributed by atoms with Crippen molar-refractivity contribution in [2.24, 2.45) is 0 Å². The van der Waals surface area contributed by atoms with Crippen LogP contribution in [0.1, 0.15) is 25.8 Å². The molecule has 0 fully saturated rings. The molecule has 3 nitrogen and oxygen atoms in total. The fourth-order valence-electron chi connectivity index (χ4n) is 1.58. The van der Waals surface area contributed by atoms with E-state index in [9.17, 15) is 5.11 Å². The summed E-state index contributed by atoms with van der Waals surface area (Å²) in [5.41, 5.74) is 1.04. The lowest BCUT2D eigenvalue weighted by atomic mass is 10.1. The Morgan fingerprint density at radius 2 is 1.94 bits per heavy atom. The molecule has 0 saturated carbocycles. The minimum atomic E-state index is -0.881.